The highest BCUT2D eigenvalue weighted by atomic mass is 19.1. The zero-order valence-electron chi connectivity index (χ0n) is 11.7. The lowest BCUT2D eigenvalue weighted by Crippen LogP contribution is -2.07. The van der Waals surface area contributed by atoms with Gasteiger partial charge < -0.3 is 10.1 Å². The van der Waals surface area contributed by atoms with Crippen molar-refractivity contribution >= 4 is 11.6 Å². The van der Waals surface area contributed by atoms with Crippen LogP contribution in [0.15, 0.2) is 42.6 Å². The predicted octanol–water partition coefficient (Wildman–Crippen LogP) is 3.05. The van der Waals surface area contributed by atoms with Gasteiger partial charge >= 0.3 is 0 Å². The van der Waals surface area contributed by atoms with E-state index in [1.165, 1.54) is 16.8 Å². The fraction of sp³-hybridized carbons (Fsp3) is 0.200. The molecule has 0 saturated carbocycles. The van der Waals surface area contributed by atoms with Gasteiger partial charge in [-0.1, -0.05) is 12.1 Å². The standard InChI is InChI=1S/C15H15FN4O/c1-10(11-3-6-13(21-2)7-4-11)17-15-18-14-8-5-12(16)9-20(14)19-15/h3-10H,1-2H3,(H,17,19). The van der Waals surface area contributed by atoms with E-state index in [1.807, 2.05) is 31.2 Å². The minimum Gasteiger partial charge on any atom is -0.497 e. The van der Waals surface area contributed by atoms with E-state index in [4.69, 9.17) is 4.74 Å². The van der Waals surface area contributed by atoms with Crippen LogP contribution in [0.2, 0.25) is 0 Å². The Morgan fingerprint density at radius 1 is 1.19 bits per heavy atom. The number of hydrogen-bond acceptors (Lipinski definition) is 4. The molecule has 5 nitrogen and oxygen atoms in total. The molecule has 3 rings (SSSR count). The van der Waals surface area contributed by atoms with E-state index in [0.29, 0.717) is 11.6 Å². The minimum absolute atomic E-state index is 0.0261. The van der Waals surface area contributed by atoms with Crippen LogP contribution >= 0.6 is 0 Å². The highest BCUT2D eigenvalue weighted by Crippen LogP contribution is 2.20. The first-order valence-corrected chi connectivity index (χ1v) is 6.58. The maximum Gasteiger partial charge on any atom is 0.243 e. The molecule has 2 heterocycles. The fourth-order valence-corrected chi connectivity index (χ4v) is 2.09. The molecule has 1 atom stereocenters. The second kappa shape index (κ2) is 5.40. The maximum atomic E-state index is 13.1. The summed E-state index contributed by atoms with van der Waals surface area (Å²) in [6, 6.07) is 10.7. The molecule has 6 heteroatoms. The summed E-state index contributed by atoms with van der Waals surface area (Å²) in [4.78, 5) is 4.30. The lowest BCUT2D eigenvalue weighted by atomic mass is 10.1. The topological polar surface area (TPSA) is 51.5 Å². The number of aromatic nitrogens is 3. The van der Waals surface area contributed by atoms with Crippen LogP contribution < -0.4 is 10.1 Å². The molecule has 1 aromatic carbocycles. The van der Waals surface area contributed by atoms with Crippen LogP contribution in [0, 0.1) is 5.82 Å². The summed E-state index contributed by atoms with van der Waals surface area (Å²) in [7, 11) is 1.64. The Kier molecular flexibility index (Phi) is 3.43. The number of rotatable bonds is 4. The largest absolute Gasteiger partial charge is 0.497 e. The van der Waals surface area contributed by atoms with E-state index in [2.05, 4.69) is 15.4 Å². The second-order valence-corrected chi connectivity index (χ2v) is 4.72. The monoisotopic (exact) mass is 286 g/mol. The molecule has 0 amide bonds. The molecule has 3 aromatic rings. The molecule has 1 unspecified atom stereocenters. The Hall–Kier alpha value is -2.63. The number of nitrogens with zero attached hydrogens (tertiary/aromatic N) is 3. The molecule has 0 radical (unpaired) electrons. The van der Waals surface area contributed by atoms with E-state index in [1.54, 1.807) is 13.2 Å². The van der Waals surface area contributed by atoms with Gasteiger partial charge in [0, 0.05) is 0 Å². The number of hydrogen-bond donors (Lipinski definition) is 1. The van der Waals surface area contributed by atoms with Crippen LogP contribution in [0.5, 0.6) is 5.75 Å². The summed E-state index contributed by atoms with van der Waals surface area (Å²) in [5.74, 6) is 0.929. The smallest absolute Gasteiger partial charge is 0.243 e. The van der Waals surface area contributed by atoms with Gasteiger partial charge in [-0.3, -0.25) is 0 Å². The van der Waals surface area contributed by atoms with Crippen LogP contribution in [0.3, 0.4) is 0 Å². The third-order valence-electron chi connectivity index (χ3n) is 3.26. The van der Waals surface area contributed by atoms with Crippen LogP contribution in [0.1, 0.15) is 18.5 Å². The second-order valence-electron chi connectivity index (χ2n) is 4.72. The van der Waals surface area contributed by atoms with E-state index in [9.17, 15) is 4.39 Å². The van der Waals surface area contributed by atoms with Crippen LogP contribution in [-0.4, -0.2) is 21.7 Å². The first-order chi connectivity index (χ1) is 10.2. The number of ether oxygens (including phenoxy) is 1. The van der Waals surface area contributed by atoms with Crippen molar-refractivity contribution in [3.05, 3.63) is 54.0 Å². The summed E-state index contributed by atoms with van der Waals surface area (Å²) in [6.07, 6.45) is 1.30. The first-order valence-electron chi connectivity index (χ1n) is 6.58. The number of benzene rings is 1. The quantitative estimate of drug-likeness (QED) is 0.801. The van der Waals surface area contributed by atoms with Crippen LogP contribution in [0.25, 0.3) is 5.65 Å². The molecular weight excluding hydrogens is 271 g/mol. The molecule has 0 aliphatic heterocycles. The molecule has 0 aliphatic rings. The number of fused-ring (bicyclic) bond motifs is 1. The number of pyridine rings is 1. The van der Waals surface area contributed by atoms with Gasteiger partial charge in [0.25, 0.3) is 0 Å². The van der Waals surface area contributed by atoms with E-state index in [0.717, 1.165) is 11.3 Å². The van der Waals surface area contributed by atoms with Crippen molar-refractivity contribution in [1.82, 2.24) is 14.6 Å². The van der Waals surface area contributed by atoms with Gasteiger partial charge in [0.1, 0.15) is 11.6 Å². The predicted molar refractivity (Wildman–Crippen MR) is 78.0 cm³/mol. The molecule has 108 valence electrons. The highest BCUT2D eigenvalue weighted by Gasteiger charge is 2.10. The summed E-state index contributed by atoms with van der Waals surface area (Å²) < 4.78 is 19.7. The lowest BCUT2D eigenvalue weighted by molar-refractivity contribution is 0.414. The third-order valence-corrected chi connectivity index (χ3v) is 3.26. The van der Waals surface area contributed by atoms with Gasteiger partial charge in [-0.15, -0.1) is 5.10 Å². The van der Waals surface area contributed by atoms with Gasteiger partial charge in [-0.25, -0.2) is 8.91 Å². The van der Waals surface area contributed by atoms with Gasteiger partial charge in [-0.2, -0.15) is 4.98 Å². The Balaban J connectivity index is 1.79. The molecule has 0 aliphatic carbocycles. The van der Waals surface area contributed by atoms with Crippen molar-refractivity contribution in [3.8, 4) is 5.75 Å². The van der Waals surface area contributed by atoms with Crippen molar-refractivity contribution in [2.45, 2.75) is 13.0 Å². The lowest BCUT2D eigenvalue weighted by Gasteiger charge is -2.12. The fourth-order valence-electron chi connectivity index (χ4n) is 2.09. The Bertz CT molecular complexity index is 754. The van der Waals surface area contributed by atoms with Crippen molar-refractivity contribution in [2.24, 2.45) is 0 Å². The van der Waals surface area contributed by atoms with Crippen LogP contribution in [0.4, 0.5) is 10.3 Å². The van der Waals surface area contributed by atoms with E-state index < -0.39 is 0 Å². The summed E-state index contributed by atoms with van der Waals surface area (Å²) in [5, 5.41) is 7.40. The zero-order chi connectivity index (χ0) is 14.8. The summed E-state index contributed by atoms with van der Waals surface area (Å²) >= 11 is 0. The molecule has 2 aromatic heterocycles. The van der Waals surface area contributed by atoms with Gasteiger partial charge in [-0.05, 0) is 36.8 Å². The summed E-state index contributed by atoms with van der Waals surface area (Å²) in [6.45, 7) is 2.01. The van der Waals surface area contributed by atoms with Gasteiger partial charge in [0.05, 0.1) is 19.3 Å². The number of halogens is 1. The third kappa shape index (κ3) is 2.79. The zero-order valence-corrected chi connectivity index (χ0v) is 11.7. The van der Waals surface area contributed by atoms with Crippen molar-refractivity contribution in [1.29, 1.82) is 0 Å². The Morgan fingerprint density at radius 3 is 2.67 bits per heavy atom. The molecule has 1 N–H and O–H groups in total. The van der Waals surface area contributed by atoms with E-state index >= 15 is 0 Å². The number of nitrogens with one attached hydrogen (secondary N) is 1. The van der Waals surface area contributed by atoms with Gasteiger partial charge in [0.2, 0.25) is 5.95 Å². The molecule has 0 saturated heterocycles. The molecular formula is C15H15FN4O. The minimum atomic E-state index is -0.345. The summed E-state index contributed by atoms with van der Waals surface area (Å²) in [5.41, 5.74) is 1.68. The average molecular weight is 286 g/mol. The van der Waals surface area contributed by atoms with Crippen molar-refractivity contribution in [3.63, 3.8) is 0 Å². The SMILES string of the molecule is COc1ccc(C(C)Nc2nc3ccc(F)cn3n2)cc1. The van der Waals surface area contributed by atoms with E-state index in [-0.39, 0.29) is 11.9 Å². The Morgan fingerprint density at radius 2 is 1.95 bits per heavy atom. The van der Waals surface area contributed by atoms with Crippen molar-refractivity contribution in [2.75, 3.05) is 12.4 Å². The Labute approximate surface area is 121 Å². The average Bonchev–Trinajstić information content (AvgIpc) is 2.88. The van der Waals surface area contributed by atoms with Crippen molar-refractivity contribution < 1.29 is 9.13 Å². The number of anilines is 1. The molecule has 0 spiro atoms. The molecule has 0 fully saturated rings. The molecule has 0 bridgehead atoms. The normalized spacial score (nSPS) is 12.3. The molecule has 21 heavy (non-hydrogen) atoms. The first kappa shape index (κ1) is 13.4. The maximum absolute atomic E-state index is 13.1. The highest BCUT2D eigenvalue weighted by molar-refractivity contribution is 5.44. The van der Waals surface area contributed by atoms with Crippen LogP contribution in [-0.2, 0) is 0 Å². The number of methoxy groups -OCH3 is 1. The van der Waals surface area contributed by atoms with Gasteiger partial charge in [0.15, 0.2) is 5.65 Å².